The number of methoxy groups -OCH3 is 2. The van der Waals surface area contributed by atoms with Gasteiger partial charge >= 0.3 is 0 Å². The van der Waals surface area contributed by atoms with Gasteiger partial charge < -0.3 is 18.9 Å². The Bertz CT molecular complexity index is 471. The SMILES string of the molecule is COC[C@H]1O[C@H](OC)[C@H](OOC)[C@@H](OOC)[C@@H]1OCc1ccccc1. The first-order valence-corrected chi connectivity index (χ1v) is 7.96. The molecule has 1 aliphatic heterocycles. The molecule has 0 aromatic heterocycles. The molecule has 1 aliphatic rings. The largest absolute Gasteiger partial charge is 0.382 e. The van der Waals surface area contributed by atoms with Gasteiger partial charge in [-0.05, 0) is 5.56 Å². The van der Waals surface area contributed by atoms with Crippen molar-refractivity contribution in [3.63, 3.8) is 0 Å². The number of rotatable bonds is 10. The van der Waals surface area contributed by atoms with Gasteiger partial charge in [-0.3, -0.25) is 0 Å². The average molecular weight is 358 g/mol. The van der Waals surface area contributed by atoms with Crippen LogP contribution in [-0.4, -0.2) is 65.8 Å². The lowest BCUT2D eigenvalue weighted by molar-refractivity contribution is -0.441. The molecule has 0 bridgehead atoms. The van der Waals surface area contributed by atoms with E-state index in [9.17, 15) is 0 Å². The summed E-state index contributed by atoms with van der Waals surface area (Å²) < 4.78 is 22.6. The maximum atomic E-state index is 6.07. The Morgan fingerprint density at radius 1 is 0.880 bits per heavy atom. The van der Waals surface area contributed by atoms with Gasteiger partial charge in [-0.1, -0.05) is 30.3 Å². The zero-order chi connectivity index (χ0) is 18.1. The second kappa shape index (κ2) is 10.8. The highest BCUT2D eigenvalue weighted by Crippen LogP contribution is 2.29. The summed E-state index contributed by atoms with van der Waals surface area (Å²) >= 11 is 0. The fourth-order valence-corrected chi connectivity index (χ4v) is 2.77. The van der Waals surface area contributed by atoms with Crippen LogP contribution in [0.15, 0.2) is 30.3 Å². The lowest BCUT2D eigenvalue weighted by atomic mass is 9.98. The van der Waals surface area contributed by atoms with Crippen LogP contribution in [0.2, 0.25) is 0 Å². The number of hydrogen-bond acceptors (Lipinski definition) is 8. The highest BCUT2D eigenvalue weighted by Gasteiger charge is 2.50. The normalized spacial score (nSPS) is 29.7. The third kappa shape index (κ3) is 5.44. The molecule has 142 valence electrons. The van der Waals surface area contributed by atoms with Crippen LogP contribution in [0, 0.1) is 0 Å². The van der Waals surface area contributed by atoms with Crippen LogP contribution < -0.4 is 0 Å². The second-order valence-electron chi connectivity index (χ2n) is 5.45. The quantitative estimate of drug-likeness (QED) is 0.460. The van der Waals surface area contributed by atoms with Crippen molar-refractivity contribution in [2.24, 2.45) is 0 Å². The third-order valence-electron chi connectivity index (χ3n) is 3.85. The molecule has 1 aromatic rings. The third-order valence-corrected chi connectivity index (χ3v) is 3.85. The first kappa shape index (κ1) is 20.2. The monoisotopic (exact) mass is 358 g/mol. The smallest absolute Gasteiger partial charge is 0.189 e. The molecule has 8 nitrogen and oxygen atoms in total. The Hall–Kier alpha value is -1.10. The summed E-state index contributed by atoms with van der Waals surface area (Å²) in [4.78, 5) is 20.4. The maximum Gasteiger partial charge on any atom is 0.189 e. The van der Waals surface area contributed by atoms with E-state index in [1.807, 2.05) is 30.3 Å². The van der Waals surface area contributed by atoms with Gasteiger partial charge in [-0.2, -0.15) is 0 Å². The summed E-state index contributed by atoms with van der Waals surface area (Å²) in [6.45, 7) is 0.665. The fraction of sp³-hybridized carbons (Fsp3) is 0.647. The van der Waals surface area contributed by atoms with Gasteiger partial charge in [0.15, 0.2) is 18.5 Å². The first-order valence-electron chi connectivity index (χ1n) is 7.96. The molecule has 0 aliphatic carbocycles. The van der Waals surface area contributed by atoms with Gasteiger partial charge in [-0.15, -0.1) is 0 Å². The van der Waals surface area contributed by atoms with Crippen molar-refractivity contribution >= 4 is 0 Å². The summed E-state index contributed by atoms with van der Waals surface area (Å²) in [7, 11) is 5.91. The van der Waals surface area contributed by atoms with Crippen LogP contribution in [0.4, 0.5) is 0 Å². The Balaban J connectivity index is 2.18. The molecule has 0 radical (unpaired) electrons. The standard InChI is InChI=1S/C17H26O8/c1-18-11-13-14(22-10-12-8-6-5-7-9-12)15(24-20-3)16(25-21-4)17(19-2)23-13/h5-9,13-17H,10-11H2,1-4H3/t13-,14-,15+,16-,17+/m1/s1. The first-order chi connectivity index (χ1) is 12.2. The molecule has 0 saturated carbocycles. The highest BCUT2D eigenvalue weighted by molar-refractivity contribution is 5.13. The Kier molecular flexibility index (Phi) is 8.73. The molecule has 25 heavy (non-hydrogen) atoms. The lowest BCUT2D eigenvalue weighted by Crippen LogP contribution is -2.61. The topological polar surface area (TPSA) is 73.8 Å². The average Bonchev–Trinajstić information content (AvgIpc) is 2.64. The summed E-state index contributed by atoms with van der Waals surface area (Å²) in [5, 5.41) is 0. The van der Waals surface area contributed by atoms with Crippen molar-refractivity contribution in [1.29, 1.82) is 0 Å². The molecule has 2 rings (SSSR count). The van der Waals surface area contributed by atoms with E-state index in [4.69, 9.17) is 38.5 Å². The summed E-state index contributed by atoms with van der Waals surface area (Å²) in [6.07, 6.45) is -3.03. The minimum atomic E-state index is -0.725. The van der Waals surface area contributed by atoms with E-state index in [1.54, 1.807) is 7.11 Å². The predicted molar refractivity (Wildman–Crippen MR) is 86.3 cm³/mol. The molecular weight excluding hydrogens is 332 g/mol. The van der Waals surface area contributed by atoms with E-state index in [0.717, 1.165) is 5.56 Å². The Morgan fingerprint density at radius 2 is 1.56 bits per heavy atom. The van der Waals surface area contributed by atoms with Gasteiger partial charge in [0, 0.05) is 14.2 Å². The Morgan fingerprint density at radius 3 is 2.16 bits per heavy atom. The molecule has 0 unspecified atom stereocenters. The minimum absolute atomic E-state index is 0.294. The molecule has 1 aromatic carbocycles. The number of hydrogen-bond donors (Lipinski definition) is 0. The molecule has 1 heterocycles. The van der Waals surface area contributed by atoms with E-state index >= 15 is 0 Å². The van der Waals surface area contributed by atoms with E-state index < -0.39 is 30.7 Å². The van der Waals surface area contributed by atoms with Crippen LogP contribution in [0.3, 0.4) is 0 Å². The molecule has 0 amide bonds. The number of benzene rings is 1. The molecular formula is C17H26O8. The summed E-state index contributed by atoms with van der Waals surface area (Å²) in [5.41, 5.74) is 1.02. The molecule has 0 N–H and O–H groups in total. The van der Waals surface area contributed by atoms with Crippen molar-refractivity contribution in [1.82, 2.24) is 0 Å². The van der Waals surface area contributed by atoms with Crippen LogP contribution in [0.5, 0.6) is 0 Å². The van der Waals surface area contributed by atoms with Crippen molar-refractivity contribution in [3.8, 4) is 0 Å². The molecule has 0 spiro atoms. The van der Waals surface area contributed by atoms with Crippen molar-refractivity contribution < 1.29 is 38.5 Å². The van der Waals surface area contributed by atoms with Crippen LogP contribution in [0.1, 0.15) is 5.56 Å². The molecule has 8 heteroatoms. The molecule has 1 saturated heterocycles. The van der Waals surface area contributed by atoms with Crippen LogP contribution >= 0.6 is 0 Å². The van der Waals surface area contributed by atoms with Crippen molar-refractivity contribution in [3.05, 3.63) is 35.9 Å². The lowest BCUT2D eigenvalue weighted by Gasteiger charge is -2.43. The molecule has 1 fully saturated rings. The fourth-order valence-electron chi connectivity index (χ4n) is 2.77. The van der Waals surface area contributed by atoms with E-state index in [1.165, 1.54) is 21.3 Å². The summed E-state index contributed by atoms with van der Waals surface area (Å²) in [5.74, 6) is 0. The maximum absolute atomic E-state index is 6.07. The Labute approximate surface area is 147 Å². The van der Waals surface area contributed by atoms with Crippen LogP contribution in [0.25, 0.3) is 0 Å². The van der Waals surface area contributed by atoms with Gasteiger partial charge in [0.25, 0.3) is 0 Å². The minimum Gasteiger partial charge on any atom is -0.382 e. The predicted octanol–water partition coefficient (Wildman–Crippen LogP) is 1.48. The molecule has 5 atom stereocenters. The van der Waals surface area contributed by atoms with E-state index in [-0.39, 0.29) is 0 Å². The van der Waals surface area contributed by atoms with Crippen molar-refractivity contribution in [2.75, 3.05) is 35.0 Å². The van der Waals surface area contributed by atoms with E-state index in [0.29, 0.717) is 13.2 Å². The van der Waals surface area contributed by atoms with Gasteiger partial charge in [-0.25, -0.2) is 19.6 Å². The zero-order valence-electron chi connectivity index (χ0n) is 15.0. The van der Waals surface area contributed by atoms with Crippen molar-refractivity contribution in [2.45, 2.75) is 37.3 Å². The second-order valence-corrected chi connectivity index (χ2v) is 5.45. The summed E-state index contributed by atoms with van der Waals surface area (Å²) in [6, 6.07) is 9.79. The zero-order valence-corrected chi connectivity index (χ0v) is 15.0. The number of ether oxygens (including phenoxy) is 4. The van der Waals surface area contributed by atoms with E-state index in [2.05, 4.69) is 0 Å². The van der Waals surface area contributed by atoms with Gasteiger partial charge in [0.2, 0.25) is 0 Å². The highest BCUT2D eigenvalue weighted by atomic mass is 17.2. The van der Waals surface area contributed by atoms with Gasteiger partial charge in [0.1, 0.15) is 12.2 Å². The van der Waals surface area contributed by atoms with Crippen LogP contribution in [-0.2, 0) is 45.1 Å². The van der Waals surface area contributed by atoms with Gasteiger partial charge in [0.05, 0.1) is 27.4 Å².